The van der Waals surface area contributed by atoms with Gasteiger partial charge in [-0.3, -0.25) is 9.52 Å². The van der Waals surface area contributed by atoms with Crippen molar-refractivity contribution in [3.05, 3.63) is 89.2 Å². The van der Waals surface area contributed by atoms with Gasteiger partial charge in [-0.1, -0.05) is 18.2 Å². The van der Waals surface area contributed by atoms with Crippen LogP contribution >= 0.6 is 0 Å². The molecule has 0 saturated carbocycles. The van der Waals surface area contributed by atoms with E-state index in [2.05, 4.69) is 4.72 Å². The average Bonchev–Trinajstić information content (AvgIpc) is 2.79. The minimum Gasteiger partial charge on any atom is -0.497 e. The third-order valence-corrected chi connectivity index (χ3v) is 6.62. The number of rotatable bonds is 5. The Morgan fingerprint density at radius 2 is 1.77 bits per heavy atom. The van der Waals surface area contributed by atoms with Crippen LogP contribution in [0, 0.1) is 5.82 Å². The third kappa shape index (κ3) is 4.39. The van der Waals surface area contributed by atoms with Crippen molar-refractivity contribution < 1.29 is 22.3 Å². The molecule has 0 saturated heterocycles. The van der Waals surface area contributed by atoms with Gasteiger partial charge in [-0.2, -0.15) is 0 Å². The molecular formula is C23H21FN2O4S. The SMILES string of the molecule is COc1ccc2c(c1)CN(C(=O)c1ccc(S(=O)(=O)Nc3ccccc3F)cc1)CC2. The van der Waals surface area contributed by atoms with Gasteiger partial charge in [-0.25, -0.2) is 12.8 Å². The van der Waals surface area contributed by atoms with Crippen LogP contribution in [0.4, 0.5) is 10.1 Å². The Hall–Kier alpha value is -3.39. The lowest BCUT2D eigenvalue weighted by Crippen LogP contribution is -2.36. The quantitative estimate of drug-likeness (QED) is 0.654. The molecule has 0 fully saturated rings. The Kier molecular flexibility index (Phi) is 5.65. The fourth-order valence-corrected chi connectivity index (χ4v) is 4.61. The summed E-state index contributed by atoms with van der Waals surface area (Å²) in [5, 5.41) is 0. The van der Waals surface area contributed by atoms with Crippen LogP contribution in [0.3, 0.4) is 0 Å². The van der Waals surface area contributed by atoms with Crippen molar-refractivity contribution in [2.24, 2.45) is 0 Å². The summed E-state index contributed by atoms with van der Waals surface area (Å²) in [6.07, 6.45) is 0.740. The van der Waals surface area contributed by atoms with E-state index in [1.165, 1.54) is 54.1 Å². The normalized spacial score (nSPS) is 13.4. The lowest BCUT2D eigenvalue weighted by Gasteiger charge is -2.29. The number of carbonyl (C=O) groups is 1. The molecule has 0 spiro atoms. The maximum absolute atomic E-state index is 13.8. The Morgan fingerprint density at radius 1 is 1.03 bits per heavy atom. The predicted octanol–water partition coefficient (Wildman–Crippen LogP) is 3.83. The zero-order valence-electron chi connectivity index (χ0n) is 16.8. The highest BCUT2D eigenvalue weighted by molar-refractivity contribution is 7.92. The highest BCUT2D eigenvalue weighted by Crippen LogP contribution is 2.25. The zero-order valence-corrected chi connectivity index (χ0v) is 17.7. The van der Waals surface area contributed by atoms with Gasteiger partial charge >= 0.3 is 0 Å². The second-order valence-corrected chi connectivity index (χ2v) is 8.90. The summed E-state index contributed by atoms with van der Waals surface area (Å²) < 4.78 is 46.4. The molecule has 1 heterocycles. The fourth-order valence-electron chi connectivity index (χ4n) is 3.54. The number of hydrogen-bond acceptors (Lipinski definition) is 4. The standard InChI is InChI=1S/C23H21FN2O4S/c1-30-19-9-6-16-12-13-26(15-18(16)14-19)23(27)17-7-10-20(11-8-17)31(28,29)25-22-5-3-2-4-21(22)24/h2-11,14,25H,12-13,15H2,1H3. The zero-order chi connectivity index (χ0) is 22.0. The highest BCUT2D eigenvalue weighted by atomic mass is 32.2. The maximum atomic E-state index is 13.8. The van der Waals surface area contributed by atoms with E-state index in [9.17, 15) is 17.6 Å². The fraction of sp³-hybridized carbons (Fsp3) is 0.174. The third-order valence-electron chi connectivity index (χ3n) is 5.24. The number of hydrogen-bond donors (Lipinski definition) is 1. The number of halogens is 1. The molecule has 1 aliphatic rings. The molecule has 4 rings (SSSR count). The predicted molar refractivity (Wildman–Crippen MR) is 115 cm³/mol. The first-order chi connectivity index (χ1) is 14.9. The molecule has 3 aromatic rings. The number of nitrogens with one attached hydrogen (secondary N) is 1. The molecule has 0 aromatic heterocycles. The van der Waals surface area contributed by atoms with E-state index in [0.717, 1.165) is 17.7 Å². The van der Waals surface area contributed by atoms with E-state index in [1.807, 2.05) is 18.2 Å². The van der Waals surface area contributed by atoms with Crippen molar-refractivity contribution in [2.45, 2.75) is 17.9 Å². The van der Waals surface area contributed by atoms with Gasteiger partial charge in [-0.15, -0.1) is 0 Å². The summed E-state index contributed by atoms with van der Waals surface area (Å²) in [4.78, 5) is 14.6. The molecule has 0 bridgehead atoms. The summed E-state index contributed by atoms with van der Waals surface area (Å²) in [5.41, 5.74) is 2.47. The molecule has 0 atom stereocenters. The Morgan fingerprint density at radius 3 is 2.48 bits per heavy atom. The number of anilines is 1. The van der Waals surface area contributed by atoms with Crippen molar-refractivity contribution in [3.63, 3.8) is 0 Å². The first kappa shape index (κ1) is 20.9. The van der Waals surface area contributed by atoms with Crippen LogP contribution in [0.1, 0.15) is 21.5 Å². The van der Waals surface area contributed by atoms with E-state index >= 15 is 0 Å². The van der Waals surface area contributed by atoms with E-state index in [4.69, 9.17) is 4.74 Å². The lowest BCUT2D eigenvalue weighted by atomic mass is 9.99. The number of methoxy groups -OCH3 is 1. The van der Waals surface area contributed by atoms with Crippen LogP contribution in [0.5, 0.6) is 5.75 Å². The minimum atomic E-state index is -3.98. The first-order valence-electron chi connectivity index (χ1n) is 9.70. The number of para-hydroxylation sites is 1. The largest absolute Gasteiger partial charge is 0.497 e. The van der Waals surface area contributed by atoms with Gasteiger partial charge in [0.1, 0.15) is 11.6 Å². The molecule has 31 heavy (non-hydrogen) atoms. The van der Waals surface area contributed by atoms with Crippen molar-refractivity contribution in [1.82, 2.24) is 4.90 Å². The second kappa shape index (κ2) is 8.39. The molecule has 1 amide bonds. The highest BCUT2D eigenvalue weighted by Gasteiger charge is 2.23. The number of carbonyl (C=O) groups excluding carboxylic acids is 1. The van der Waals surface area contributed by atoms with Crippen molar-refractivity contribution >= 4 is 21.6 Å². The van der Waals surface area contributed by atoms with Gasteiger partial charge in [0, 0.05) is 18.7 Å². The molecule has 0 unspecified atom stereocenters. The van der Waals surface area contributed by atoms with Crippen LogP contribution in [-0.2, 0) is 23.0 Å². The van der Waals surface area contributed by atoms with Crippen molar-refractivity contribution in [1.29, 1.82) is 0 Å². The van der Waals surface area contributed by atoms with Gasteiger partial charge in [-0.05, 0) is 66.1 Å². The number of nitrogens with zero attached hydrogens (tertiary/aromatic N) is 1. The van der Waals surface area contributed by atoms with E-state index in [-0.39, 0.29) is 16.5 Å². The molecule has 3 aromatic carbocycles. The topological polar surface area (TPSA) is 75.7 Å². The van der Waals surface area contributed by atoms with Crippen molar-refractivity contribution in [2.75, 3.05) is 18.4 Å². The van der Waals surface area contributed by atoms with Crippen molar-refractivity contribution in [3.8, 4) is 5.75 Å². The van der Waals surface area contributed by atoms with Gasteiger partial charge in [0.2, 0.25) is 0 Å². The van der Waals surface area contributed by atoms with Gasteiger partial charge in [0.05, 0.1) is 17.7 Å². The number of fused-ring (bicyclic) bond motifs is 1. The van der Waals surface area contributed by atoms with Crippen LogP contribution in [0.2, 0.25) is 0 Å². The molecule has 0 aliphatic carbocycles. The van der Waals surface area contributed by atoms with Gasteiger partial charge < -0.3 is 9.64 Å². The smallest absolute Gasteiger partial charge is 0.261 e. The van der Waals surface area contributed by atoms with Gasteiger partial charge in [0.25, 0.3) is 15.9 Å². The van der Waals surface area contributed by atoms with E-state index in [1.54, 1.807) is 12.0 Å². The molecule has 8 heteroatoms. The molecular weight excluding hydrogens is 419 g/mol. The summed E-state index contributed by atoms with van der Waals surface area (Å²) in [5.74, 6) is -0.107. The molecule has 0 radical (unpaired) electrons. The van der Waals surface area contributed by atoms with Crippen LogP contribution in [0.25, 0.3) is 0 Å². The van der Waals surface area contributed by atoms with Crippen LogP contribution in [0.15, 0.2) is 71.6 Å². The Labute approximate surface area is 180 Å². The van der Waals surface area contributed by atoms with Crippen LogP contribution in [-0.4, -0.2) is 32.9 Å². The summed E-state index contributed by atoms with van der Waals surface area (Å²) >= 11 is 0. The number of ether oxygens (including phenoxy) is 1. The van der Waals surface area contributed by atoms with Crippen LogP contribution < -0.4 is 9.46 Å². The van der Waals surface area contributed by atoms with Gasteiger partial charge in [0.15, 0.2) is 0 Å². The average molecular weight is 440 g/mol. The second-order valence-electron chi connectivity index (χ2n) is 7.22. The monoisotopic (exact) mass is 440 g/mol. The first-order valence-corrected chi connectivity index (χ1v) is 11.2. The van der Waals surface area contributed by atoms with E-state index in [0.29, 0.717) is 18.7 Å². The molecule has 1 aliphatic heterocycles. The maximum Gasteiger partial charge on any atom is 0.261 e. The number of amides is 1. The molecule has 160 valence electrons. The summed E-state index contributed by atoms with van der Waals surface area (Å²) in [7, 11) is -2.38. The summed E-state index contributed by atoms with van der Waals surface area (Å²) in [6, 6.07) is 17.0. The Balaban J connectivity index is 1.50. The van der Waals surface area contributed by atoms with E-state index < -0.39 is 15.8 Å². The lowest BCUT2D eigenvalue weighted by molar-refractivity contribution is 0.0734. The minimum absolute atomic E-state index is 0.0546. The Bertz CT molecular complexity index is 1230. The number of sulfonamides is 1. The number of benzene rings is 3. The molecule has 1 N–H and O–H groups in total. The molecule has 6 nitrogen and oxygen atoms in total. The summed E-state index contributed by atoms with van der Waals surface area (Å²) in [6.45, 7) is 1.04.